The molecule has 2 heterocycles. The van der Waals surface area contributed by atoms with E-state index in [1.54, 1.807) is 13.3 Å². The number of likely N-dealkylation sites (tertiary alicyclic amines) is 1. The Bertz CT molecular complexity index is 749. The van der Waals surface area contributed by atoms with Crippen LogP contribution in [0.2, 0.25) is 0 Å². The summed E-state index contributed by atoms with van der Waals surface area (Å²) in [6.45, 7) is 4.93. The van der Waals surface area contributed by atoms with E-state index in [4.69, 9.17) is 4.74 Å². The van der Waals surface area contributed by atoms with Crippen LogP contribution in [0.5, 0.6) is 5.75 Å². The molecule has 4 nitrogen and oxygen atoms in total. The predicted octanol–water partition coefficient (Wildman–Crippen LogP) is 3.13. The van der Waals surface area contributed by atoms with Crippen molar-refractivity contribution in [2.24, 2.45) is 11.8 Å². The molecule has 25 heavy (non-hydrogen) atoms. The Morgan fingerprint density at radius 1 is 1.28 bits per heavy atom. The molecule has 2 aromatic rings. The van der Waals surface area contributed by atoms with E-state index >= 15 is 0 Å². The van der Waals surface area contributed by atoms with Crippen molar-refractivity contribution in [3.8, 4) is 5.75 Å². The number of nitrogens with zero attached hydrogens (tertiary/aromatic N) is 2. The minimum absolute atomic E-state index is 0.262. The van der Waals surface area contributed by atoms with Gasteiger partial charge in [0.25, 0.3) is 0 Å². The van der Waals surface area contributed by atoms with Crippen molar-refractivity contribution in [3.63, 3.8) is 0 Å². The number of aryl methyl sites for hydroxylation is 1. The highest BCUT2D eigenvalue weighted by Gasteiger charge is 2.53. The summed E-state index contributed by atoms with van der Waals surface area (Å²) in [5, 5.41) is 11.3. The van der Waals surface area contributed by atoms with Crippen LogP contribution in [-0.2, 0) is 12.1 Å². The lowest BCUT2D eigenvalue weighted by atomic mass is 9.85. The molecule has 2 fully saturated rings. The average molecular weight is 338 g/mol. The number of benzene rings is 1. The van der Waals surface area contributed by atoms with Gasteiger partial charge in [-0.05, 0) is 43.9 Å². The average Bonchev–Trinajstić information content (AvgIpc) is 3.17. The van der Waals surface area contributed by atoms with Gasteiger partial charge < -0.3 is 9.84 Å². The molecule has 1 aromatic heterocycles. The van der Waals surface area contributed by atoms with Gasteiger partial charge in [-0.1, -0.05) is 23.8 Å². The van der Waals surface area contributed by atoms with E-state index in [0.29, 0.717) is 5.92 Å². The topological polar surface area (TPSA) is 45.6 Å². The molecule has 1 aromatic carbocycles. The van der Waals surface area contributed by atoms with Crippen LogP contribution in [0.1, 0.15) is 29.7 Å². The Hall–Kier alpha value is -1.91. The van der Waals surface area contributed by atoms with Gasteiger partial charge in [0, 0.05) is 37.3 Å². The van der Waals surface area contributed by atoms with Gasteiger partial charge in [0.15, 0.2) is 0 Å². The lowest BCUT2D eigenvalue weighted by molar-refractivity contribution is -0.0108. The molecule has 0 radical (unpaired) electrons. The Labute approximate surface area is 149 Å². The summed E-state index contributed by atoms with van der Waals surface area (Å²) >= 11 is 0. The van der Waals surface area contributed by atoms with Crippen LogP contribution in [0.4, 0.5) is 0 Å². The molecule has 3 atom stereocenters. The second-order valence-electron chi connectivity index (χ2n) is 7.55. The molecule has 1 saturated carbocycles. The number of pyridine rings is 1. The summed E-state index contributed by atoms with van der Waals surface area (Å²) in [6.07, 6.45) is 3.67. The van der Waals surface area contributed by atoms with Crippen LogP contribution in [0.25, 0.3) is 0 Å². The molecule has 0 spiro atoms. The normalized spacial score (nSPS) is 28.9. The first-order chi connectivity index (χ1) is 12.1. The molecule has 1 aliphatic heterocycles. The highest BCUT2D eigenvalue weighted by molar-refractivity contribution is 5.37. The van der Waals surface area contributed by atoms with Crippen LogP contribution in [-0.4, -0.2) is 35.2 Å². The van der Waals surface area contributed by atoms with Crippen molar-refractivity contribution in [1.82, 2.24) is 9.88 Å². The zero-order valence-corrected chi connectivity index (χ0v) is 15.0. The molecule has 0 unspecified atom stereocenters. The third kappa shape index (κ3) is 2.94. The summed E-state index contributed by atoms with van der Waals surface area (Å²) in [4.78, 5) is 6.91. The Balaban J connectivity index is 1.53. The van der Waals surface area contributed by atoms with Gasteiger partial charge in [0.2, 0.25) is 0 Å². The van der Waals surface area contributed by atoms with Gasteiger partial charge >= 0.3 is 0 Å². The molecular formula is C21H26N2O2. The van der Waals surface area contributed by atoms with Gasteiger partial charge in [-0.3, -0.25) is 9.88 Å². The zero-order chi connectivity index (χ0) is 17.4. The molecule has 2 aliphatic rings. The number of hydrogen-bond donors (Lipinski definition) is 1. The predicted molar refractivity (Wildman–Crippen MR) is 97.4 cm³/mol. The molecule has 4 rings (SSSR count). The third-order valence-electron chi connectivity index (χ3n) is 5.96. The maximum atomic E-state index is 11.3. The first kappa shape index (κ1) is 16.6. The number of methoxy groups -OCH3 is 1. The Morgan fingerprint density at radius 3 is 2.92 bits per heavy atom. The highest BCUT2D eigenvalue weighted by atomic mass is 16.5. The molecule has 1 saturated heterocycles. The van der Waals surface area contributed by atoms with Gasteiger partial charge in [0.05, 0.1) is 12.8 Å². The first-order valence-electron chi connectivity index (χ1n) is 9.10. The number of hydrogen-bond acceptors (Lipinski definition) is 4. The van der Waals surface area contributed by atoms with Crippen LogP contribution < -0.4 is 4.74 Å². The Morgan fingerprint density at radius 2 is 2.16 bits per heavy atom. The van der Waals surface area contributed by atoms with Crippen molar-refractivity contribution < 1.29 is 9.84 Å². The largest absolute Gasteiger partial charge is 0.496 e. The van der Waals surface area contributed by atoms with Crippen LogP contribution >= 0.6 is 0 Å². The van der Waals surface area contributed by atoms with E-state index in [1.165, 1.54) is 11.1 Å². The van der Waals surface area contributed by atoms with E-state index in [9.17, 15) is 5.11 Å². The van der Waals surface area contributed by atoms with Crippen LogP contribution in [0, 0.1) is 18.8 Å². The summed E-state index contributed by atoms with van der Waals surface area (Å²) in [5.41, 5.74) is 2.53. The van der Waals surface area contributed by atoms with Crippen LogP contribution in [0.3, 0.4) is 0 Å². The summed E-state index contributed by atoms with van der Waals surface area (Å²) < 4.78 is 5.53. The molecule has 132 valence electrons. The van der Waals surface area contributed by atoms with E-state index in [-0.39, 0.29) is 5.92 Å². The van der Waals surface area contributed by atoms with E-state index in [2.05, 4.69) is 28.9 Å². The lowest BCUT2D eigenvalue weighted by Gasteiger charge is -2.29. The summed E-state index contributed by atoms with van der Waals surface area (Å²) in [7, 11) is 1.73. The SMILES string of the molecule is COc1ccc(C)cc1CN1C[C@@H]2CC[C@@](O)(c3ccccn3)[C@@H]2C1. The fourth-order valence-electron chi connectivity index (χ4n) is 4.72. The smallest absolute Gasteiger partial charge is 0.123 e. The standard InChI is InChI=1S/C21H26N2O2/c1-15-6-7-19(25-2)17(11-15)13-23-12-16-8-9-21(24,18(16)14-23)20-5-3-4-10-22-20/h3-7,10-11,16,18,24H,8-9,12-14H2,1-2H3/t16-,18+,21-/m0/s1. The number of rotatable bonds is 4. The second-order valence-corrected chi connectivity index (χ2v) is 7.55. The molecule has 1 N–H and O–H groups in total. The van der Waals surface area contributed by atoms with Crippen LogP contribution in [0.15, 0.2) is 42.6 Å². The highest BCUT2D eigenvalue weighted by Crippen LogP contribution is 2.50. The molecule has 0 bridgehead atoms. The quantitative estimate of drug-likeness (QED) is 0.930. The van der Waals surface area contributed by atoms with Gasteiger partial charge in [-0.2, -0.15) is 0 Å². The second kappa shape index (κ2) is 6.43. The van der Waals surface area contributed by atoms with Gasteiger partial charge in [-0.15, -0.1) is 0 Å². The third-order valence-corrected chi connectivity index (χ3v) is 5.96. The Kier molecular flexibility index (Phi) is 4.26. The monoisotopic (exact) mass is 338 g/mol. The summed E-state index contributed by atoms with van der Waals surface area (Å²) in [6, 6.07) is 12.2. The minimum atomic E-state index is -0.780. The summed E-state index contributed by atoms with van der Waals surface area (Å²) in [5.74, 6) is 1.75. The fourth-order valence-corrected chi connectivity index (χ4v) is 4.72. The first-order valence-corrected chi connectivity index (χ1v) is 9.10. The number of aromatic nitrogens is 1. The maximum Gasteiger partial charge on any atom is 0.123 e. The molecule has 4 heteroatoms. The lowest BCUT2D eigenvalue weighted by Crippen LogP contribution is -2.35. The van der Waals surface area contributed by atoms with Gasteiger partial charge in [-0.25, -0.2) is 0 Å². The molecular weight excluding hydrogens is 312 g/mol. The number of aliphatic hydroxyl groups is 1. The maximum absolute atomic E-state index is 11.3. The van der Waals surface area contributed by atoms with E-state index in [0.717, 1.165) is 43.9 Å². The van der Waals surface area contributed by atoms with E-state index in [1.807, 2.05) is 24.3 Å². The number of ether oxygens (including phenoxy) is 1. The molecule has 1 aliphatic carbocycles. The van der Waals surface area contributed by atoms with Crippen molar-refractivity contribution in [3.05, 3.63) is 59.4 Å². The molecule has 0 amide bonds. The van der Waals surface area contributed by atoms with E-state index < -0.39 is 5.60 Å². The van der Waals surface area contributed by atoms with Crippen molar-refractivity contribution >= 4 is 0 Å². The zero-order valence-electron chi connectivity index (χ0n) is 15.0. The van der Waals surface area contributed by atoms with Crippen molar-refractivity contribution in [2.45, 2.75) is 31.9 Å². The van der Waals surface area contributed by atoms with Gasteiger partial charge in [0.1, 0.15) is 11.4 Å². The fraction of sp³-hybridized carbons (Fsp3) is 0.476. The number of fused-ring (bicyclic) bond motifs is 1. The minimum Gasteiger partial charge on any atom is -0.496 e. The van der Waals surface area contributed by atoms with Crippen molar-refractivity contribution in [2.75, 3.05) is 20.2 Å². The van der Waals surface area contributed by atoms with Crippen molar-refractivity contribution in [1.29, 1.82) is 0 Å².